The summed E-state index contributed by atoms with van der Waals surface area (Å²) in [6, 6.07) is 7.41. The molecule has 8 heteroatoms. The van der Waals surface area contributed by atoms with Crippen molar-refractivity contribution in [3.63, 3.8) is 0 Å². The molecule has 1 saturated heterocycles. The summed E-state index contributed by atoms with van der Waals surface area (Å²) in [4.78, 5) is 28.0. The van der Waals surface area contributed by atoms with Crippen LogP contribution in [0.4, 0.5) is 23.2 Å². The van der Waals surface area contributed by atoms with E-state index in [-0.39, 0.29) is 24.3 Å². The highest BCUT2D eigenvalue weighted by molar-refractivity contribution is 6.03. The molecule has 2 aromatic carbocycles. The fraction of sp³-hybridized carbons (Fsp3) is 0.300. The van der Waals surface area contributed by atoms with Gasteiger partial charge in [-0.15, -0.1) is 0 Å². The zero-order chi connectivity index (χ0) is 20.6. The molecule has 0 N–H and O–H groups in total. The molecule has 0 aliphatic carbocycles. The van der Waals surface area contributed by atoms with Gasteiger partial charge in [0.25, 0.3) is 5.91 Å². The van der Waals surface area contributed by atoms with Gasteiger partial charge in [-0.25, -0.2) is 4.39 Å². The third-order valence-electron chi connectivity index (χ3n) is 4.77. The van der Waals surface area contributed by atoms with Crippen molar-refractivity contribution < 1.29 is 27.2 Å². The maximum Gasteiger partial charge on any atom is 0.416 e. The molecule has 1 heterocycles. The van der Waals surface area contributed by atoms with Crippen LogP contribution in [0.5, 0.6) is 0 Å². The highest BCUT2D eigenvalue weighted by Crippen LogP contribution is 2.30. The molecule has 0 radical (unpaired) electrons. The smallest absolute Gasteiger partial charge is 0.325 e. The summed E-state index contributed by atoms with van der Waals surface area (Å²) in [5.41, 5.74) is 0.148. The van der Waals surface area contributed by atoms with E-state index in [2.05, 4.69) is 0 Å². The Morgan fingerprint density at radius 3 is 2.32 bits per heavy atom. The lowest BCUT2D eigenvalue weighted by Crippen LogP contribution is -2.58. The Kier molecular flexibility index (Phi) is 5.14. The lowest BCUT2D eigenvalue weighted by molar-refractivity contribution is -0.137. The first kappa shape index (κ1) is 19.9. The number of carbonyl (C=O) groups excluding carboxylic acids is 2. The number of hydrogen-bond donors (Lipinski definition) is 0. The van der Waals surface area contributed by atoms with Crippen molar-refractivity contribution in [2.45, 2.75) is 26.1 Å². The number of benzene rings is 2. The predicted molar refractivity (Wildman–Crippen MR) is 95.4 cm³/mol. The van der Waals surface area contributed by atoms with Gasteiger partial charge in [0.1, 0.15) is 11.9 Å². The van der Waals surface area contributed by atoms with E-state index < -0.39 is 35.4 Å². The van der Waals surface area contributed by atoms with Gasteiger partial charge >= 0.3 is 6.18 Å². The summed E-state index contributed by atoms with van der Waals surface area (Å²) in [6.07, 6.45) is -4.49. The highest BCUT2D eigenvalue weighted by atomic mass is 19.4. The second-order valence-electron chi connectivity index (χ2n) is 6.69. The molecule has 0 bridgehead atoms. The number of anilines is 1. The van der Waals surface area contributed by atoms with E-state index >= 15 is 0 Å². The SMILES string of the molecule is Cc1ccc(F)c(N2CCN(C(=O)c3ccc(C(F)(F)F)cc3)C(C)C2=O)c1. The minimum Gasteiger partial charge on any atom is -0.325 e. The van der Waals surface area contributed by atoms with Crippen LogP contribution in [-0.4, -0.2) is 35.8 Å². The Bertz CT molecular complexity index is 909. The third kappa shape index (κ3) is 3.72. The number of nitrogens with zero attached hydrogens (tertiary/aromatic N) is 2. The normalized spacial score (nSPS) is 17.8. The summed E-state index contributed by atoms with van der Waals surface area (Å²) in [5.74, 6) is -1.52. The van der Waals surface area contributed by atoms with Gasteiger partial charge in [-0.2, -0.15) is 13.2 Å². The van der Waals surface area contributed by atoms with Crippen molar-refractivity contribution in [3.05, 3.63) is 65.0 Å². The summed E-state index contributed by atoms with van der Waals surface area (Å²) >= 11 is 0. The molecule has 28 heavy (non-hydrogen) atoms. The molecule has 4 nitrogen and oxygen atoms in total. The highest BCUT2D eigenvalue weighted by Gasteiger charge is 2.37. The number of hydrogen-bond acceptors (Lipinski definition) is 2. The monoisotopic (exact) mass is 394 g/mol. The number of carbonyl (C=O) groups is 2. The molecular formula is C20H18F4N2O2. The van der Waals surface area contributed by atoms with E-state index in [0.717, 1.165) is 29.8 Å². The van der Waals surface area contributed by atoms with Gasteiger partial charge in [-0.1, -0.05) is 6.07 Å². The molecule has 1 unspecified atom stereocenters. The van der Waals surface area contributed by atoms with E-state index in [1.165, 1.54) is 22.8 Å². The van der Waals surface area contributed by atoms with E-state index in [1.807, 2.05) is 0 Å². The van der Waals surface area contributed by atoms with Crippen LogP contribution in [0.25, 0.3) is 0 Å². The van der Waals surface area contributed by atoms with Crippen molar-refractivity contribution in [2.75, 3.05) is 18.0 Å². The summed E-state index contributed by atoms with van der Waals surface area (Å²) < 4.78 is 52.2. The van der Waals surface area contributed by atoms with Gasteiger partial charge in [-0.05, 0) is 55.8 Å². The van der Waals surface area contributed by atoms with E-state index in [1.54, 1.807) is 19.1 Å². The Morgan fingerprint density at radius 2 is 1.71 bits per heavy atom. The lowest BCUT2D eigenvalue weighted by atomic mass is 10.1. The first-order chi connectivity index (χ1) is 13.1. The van der Waals surface area contributed by atoms with Crippen molar-refractivity contribution in [1.29, 1.82) is 0 Å². The minimum absolute atomic E-state index is 0.0582. The molecule has 1 fully saturated rings. The predicted octanol–water partition coefficient (Wildman–Crippen LogP) is 4.03. The van der Waals surface area contributed by atoms with Crippen LogP contribution < -0.4 is 4.90 Å². The second-order valence-corrected chi connectivity index (χ2v) is 6.69. The van der Waals surface area contributed by atoms with Crippen LogP contribution >= 0.6 is 0 Å². The molecule has 2 amide bonds. The first-order valence-electron chi connectivity index (χ1n) is 8.65. The maximum absolute atomic E-state index is 14.1. The fourth-order valence-corrected chi connectivity index (χ4v) is 3.18. The van der Waals surface area contributed by atoms with Gasteiger partial charge in [0.15, 0.2) is 0 Å². The number of rotatable bonds is 2. The molecule has 148 valence electrons. The van der Waals surface area contributed by atoms with Crippen LogP contribution in [0.1, 0.15) is 28.4 Å². The number of alkyl halides is 3. The Balaban J connectivity index is 1.80. The van der Waals surface area contributed by atoms with Crippen molar-refractivity contribution in [1.82, 2.24) is 4.90 Å². The van der Waals surface area contributed by atoms with Crippen LogP contribution in [0.15, 0.2) is 42.5 Å². The van der Waals surface area contributed by atoms with Crippen molar-refractivity contribution >= 4 is 17.5 Å². The molecule has 1 atom stereocenters. The Hall–Kier alpha value is -2.90. The summed E-state index contributed by atoms with van der Waals surface area (Å²) in [5, 5.41) is 0. The maximum atomic E-state index is 14.1. The van der Waals surface area contributed by atoms with Crippen LogP contribution in [0.2, 0.25) is 0 Å². The molecule has 0 saturated carbocycles. The molecule has 1 aliphatic heterocycles. The zero-order valence-corrected chi connectivity index (χ0v) is 15.3. The zero-order valence-electron chi connectivity index (χ0n) is 15.3. The van der Waals surface area contributed by atoms with E-state index in [9.17, 15) is 27.2 Å². The van der Waals surface area contributed by atoms with Crippen LogP contribution in [0.3, 0.4) is 0 Å². The average Bonchev–Trinajstić information content (AvgIpc) is 2.65. The lowest BCUT2D eigenvalue weighted by Gasteiger charge is -2.39. The Labute approximate surface area is 159 Å². The van der Waals surface area contributed by atoms with E-state index in [0.29, 0.717) is 0 Å². The standard InChI is InChI=1S/C20H18F4N2O2/c1-12-3-8-16(21)17(11-12)26-10-9-25(13(2)18(26)27)19(28)14-4-6-15(7-5-14)20(22,23)24/h3-8,11,13H,9-10H2,1-2H3. The van der Waals surface area contributed by atoms with Gasteiger partial charge < -0.3 is 9.80 Å². The number of aryl methyl sites for hydroxylation is 1. The van der Waals surface area contributed by atoms with Crippen molar-refractivity contribution in [3.8, 4) is 0 Å². The largest absolute Gasteiger partial charge is 0.416 e. The van der Waals surface area contributed by atoms with Gasteiger partial charge in [-0.3, -0.25) is 9.59 Å². The molecule has 0 spiro atoms. The van der Waals surface area contributed by atoms with Gasteiger partial charge in [0, 0.05) is 18.7 Å². The van der Waals surface area contributed by atoms with Crippen molar-refractivity contribution in [2.24, 2.45) is 0 Å². The molecule has 0 aromatic heterocycles. The fourth-order valence-electron chi connectivity index (χ4n) is 3.18. The van der Waals surface area contributed by atoms with Gasteiger partial charge in [0.2, 0.25) is 5.91 Å². The summed E-state index contributed by atoms with van der Waals surface area (Å²) in [7, 11) is 0. The molecule has 2 aromatic rings. The van der Waals surface area contributed by atoms with Crippen LogP contribution in [0, 0.1) is 12.7 Å². The van der Waals surface area contributed by atoms with E-state index in [4.69, 9.17) is 0 Å². The molecular weight excluding hydrogens is 376 g/mol. The third-order valence-corrected chi connectivity index (χ3v) is 4.77. The number of amides is 2. The second kappa shape index (κ2) is 7.26. The molecule has 3 rings (SSSR count). The van der Waals surface area contributed by atoms with Gasteiger partial charge in [0.05, 0.1) is 11.3 Å². The topological polar surface area (TPSA) is 40.6 Å². The average molecular weight is 394 g/mol. The summed E-state index contributed by atoms with van der Waals surface area (Å²) in [6.45, 7) is 3.53. The minimum atomic E-state index is -4.49. The quantitative estimate of drug-likeness (QED) is 0.722. The molecule has 1 aliphatic rings. The number of halogens is 4. The van der Waals surface area contributed by atoms with Crippen LogP contribution in [-0.2, 0) is 11.0 Å². The number of piperazine rings is 1. The Morgan fingerprint density at radius 1 is 1.07 bits per heavy atom. The first-order valence-corrected chi connectivity index (χ1v) is 8.65.